The van der Waals surface area contributed by atoms with Crippen LogP contribution in [0.1, 0.15) is 50.2 Å². The molecule has 0 aliphatic carbocycles. The van der Waals surface area contributed by atoms with E-state index in [9.17, 15) is 0 Å². The molecule has 0 aromatic carbocycles. The highest BCUT2D eigenvalue weighted by molar-refractivity contribution is 5.03. The van der Waals surface area contributed by atoms with Gasteiger partial charge in [-0.15, -0.1) is 0 Å². The number of ether oxygens (including phenoxy) is 2. The molecule has 0 spiro atoms. The van der Waals surface area contributed by atoms with Crippen LogP contribution in [0.25, 0.3) is 0 Å². The highest BCUT2D eigenvalue weighted by atomic mass is 16.5. The van der Waals surface area contributed by atoms with Crippen LogP contribution in [-0.2, 0) is 16.0 Å². The molecule has 2 aliphatic rings. The standard InChI is InChI=1S/C17H30N4O2/c1-3-22-12-9-21-17(18-14(2)19-21)15-5-4-8-20(13-15)16-6-10-23-11-7-16/h15-16H,3-13H2,1-2H3. The first-order valence-corrected chi connectivity index (χ1v) is 9.08. The van der Waals surface area contributed by atoms with Gasteiger partial charge in [-0.25, -0.2) is 9.67 Å². The second kappa shape index (κ2) is 8.22. The minimum Gasteiger partial charge on any atom is -0.381 e. The fourth-order valence-corrected chi connectivity index (χ4v) is 3.83. The first-order chi connectivity index (χ1) is 11.3. The number of likely N-dealkylation sites (tertiary alicyclic amines) is 1. The summed E-state index contributed by atoms with van der Waals surface area (Å²) in [4.78, 5) is 7.40. The first kappa shape index (κ1) is 16.9. The van der Waals surface area contributed by atoms with Gasteiger partial charge in [0.05, 0.1) is 13.2 Å². The van der Waals surface area contributed by atoms with Crippen molar-refractivity contribution in [2.45, 2.75) is 58.0 Å². The maximum absolute atomic E-state index is 5.51. The van der Waals surface area contributed by atoms with E-state index in [0.29, 0.717) is 18.6 Å². The van der Waals surface area contributed by atoms with Crippen molar-refractivity contribution in [3.8, 4) is 0 Å². The molecule has 130 valence electrons. The maximum Gasteiger partial charge on any atom is 0.147 e. The molecule has 3 heterocycles. The lowest BCUT2D eigenvalue weighted by molar-refractivity contribution is 0.0231. The summed E-state index contributed by atoms with van der Waals surface area (Å²) in [5.41, 5.74) is 0. The van der Waals surface area contributed by atoms with Crippen LogP contribution >= 0.6 is 0 Å². The van der Waals surface area contributed by atoms with Gasteiger partial charge in [0.25, 0.3) is 0 Å². The number of piperidine rings is 1. The summed E-state index contributed by atoms with van der Waals surface area (Å²) in [7, 11) is 0. The van der Waals surface area contributed by atoms with Crippen LogP contribution in [0.15, 0.2) is 0 Å². The molecule has 1 unspecified atom stereocenters. The Kier molecular flexibility index (Phi) is 6.02. The van der Waals surface area contributed by atoms with Crippen molar-refractivity contribution in [2.75, 3.05) is 39.5 Å². The molecule has 1 aromatic heterocycles. The van der Waals surface area contributed by atoms with Crippen molar-refractivity contribution in [3.05, 3.63) is 11.6 Å². The third-order valence-electron chi connectivity index (χ3n) is 4.98. The molecule has 2 saturated heterocycles. The quantitative estimate of drug-likeness (QED) is 0.750. The average molecular weight is 322 g/mol. The summed E-state index contributed by atoms with van der Waals surface area (Å²) >= 11 is 0. The van der Waals surface area contributed by atoms with Crippen molar-refractivity contribution in [1.29, 1.82) is 0 Å². The second-order valence-electron chi connectivity index (χ2n) is 6.61. The average Bonchev–Trinajstić information content (AvgIpc) is 2.97. The van der Waals surface area contributed by atoms with E-state index in [-0.39, 0.29) is 0 Å². The van der Waals surface area contributed by atoms with Crippen LogP contribution in [0, 0.1) is 6.92 Å². The third-order valence-corrected chi connectivity index (χ3v) is 4.98. The number of aryl methyl sites for hydroxylation is 1. The van der Waals surface area contributed by atoms with E-state index in [1.165, 1.54) is 32.2 Å². The lowest BCUT2D eigenvalue weighted by Gasteiger charge is -2.39. The molecule has 1 atom stereocenters. The van der Waals surface area contributed by atoms with Gasteiger partial charge in [0.1, 0.15) is 11.6 Å². The molecule has 0 N–H and O–H groups in total. The fraction of sp³-hybridized carbons (Fsp3) is 0.882. The lowest BCUT2D eigenvalue weighted by atomic mass is 9.94. The highest BCUT2D eigenvalue weighted by Crippen LogP contribution is 2.29. The van der Waals surface area contributed by atoms with E-state index in [4.69, 9.17) is 14.5 Å². The Balaban J connectivity index is 1.65. The molecule has 0 saturated carbocycles. The zero-order valence-electron chi connectivity index (χ0n) is 14.5. The van der Waals surface area contributed by atoms with Crippen molar-refractivity contribution in [2.24, 2.45) is 0 Å². The number of aromatic nitrogens is 3. The molecule has 1 aromatic rings. The van der Waals surface area contributed by atoms with Gasteiger partial charge in [-0.2, -0.15) is 5.10 Å². The van der Waals surface area contributed by atoms with Crippen LogP contribution < -0.4 is 0 Å². The van der Waals surface area contributed by atoms with E-state index in [2.05, 4.69) is 14.7 Å². The van der Waals surface area contributed by atoms with Crippen molar-refractivity contribution in [1.82, 2.24) is 19.7 Å². The van der Waals surface area contributed by atoms with Gasteiger partial charge >= 0.3 is 0 Å². The number of hydrogen-bond donors (Lipinski definition) is 0. The van der Waals surface area contributed by atoms with Gasteiger partial charge < -0.3 is 9.47 Å². The molecule has 0 amide bonds. The summed E-state index contributed by atoms with van der Waals surface area (Å²) in [5.74, 6) is 2.52. The highest BCUT2D eigenvalue weighted by Gasteiger charge is 2.30. The lowest BCUT2D eigenvalue weighted by Crippen LogP contribution is -2.45. The molecule has 2 fully saturated rings. The van der Waals surface area contributed by atoms with Gasteiger partial charge in [-0.3, -0.25) is 4.90 Å². The topological polar surface area (TPSA) is 52.4 Å². The molecular formula is C17H30N4O2. The van der Waals surface area contributed by atoms with Gasteiger partial charge in [-0.05, 0) is 46.1 Å². The van der Waals surface area contributed by atoms with E-state index >= 15 is 0 Å². The maximum atomic E-state index is 5.51. The monoisotopic (exact) mass is 322 g/mol. The van der Waals surface area contributed by atoms with Crippen LogP contribution in [0.2, 0.25) is 0 Å². The zero-order chi connectivity index (χ0) is 16.1. The summed E-state index contributed by atoms with van der Waals surface area (Å²) in [6.45, 7) is 10.4. The minimum atomic E-state index is 0.495. The van der Waals surface area contributed by atoms with E-state index in [0.717, 1.165) is 44.6 Å². The summed E-state index contributed by atoms with van der Waals surface area (Å²) in [6, 6.07) is 0.687. The molecule has 0 bridgehead atoms. The predicted molar refractivity (Wildman–Crippen MR) is 88.6 cm³/mol. The van der Waals surface area contributed by atoms with E-state index in [1.807, 2.05) is 13.8 Å². The molecule has 6 heteroatoms. The summed E-state index contributed by atoms with van der Waals surface area (Å²) in [6.07, 6.45) is 4.80. The van der Waals surface area contributed by atoms with Crippen molar-refractivity contribution in [3.63, 3.8) is 0 Å². The second-order valence-corrected chi connectivity index (χ2v) is 6.61. The van der Waals surface area contributed by atoms with Gasteiger partial charge in [-0.1, -0.05) is 0 Å². The Labute approximate surface area is 139 Å². The Hall–Kier alpha value is -0.980. The number of hydrogen-bond acceptors (Lipinski definition) is 5. The van der Waals surface area contributed by atoms with Crippen molar-refractivity contribution >= 4 is 0 Å². The van der Waals surface area contributed by atoms with Gasteiger partial charge in [0, 0.05) is 38.3 Å². The smallest absolute Gasteiger partial charge is 0.147 e. The molecular weight excluding hydrogens is 292 g/mol. The first-order valence-electron chi connectivity index (χ1n) is 9.08. The van der Waals surface area contributed by atoms with E-state index < -0.39 is 0 Å². The largest absolute Gasteiger partial charge is 0.381 e. The Morgan fingerprint density at radius 3 is 2.87 bits per heavy atom. The normalized spacial score (nSPS) is 24.2. The van der Waals surface area contributed by atoms with E-state index in [1.54, 1.807) is 0 Å². The molecule has 0 radical (unpaired) electrons. The van der Waals surface area contributed by atoms with Crippen LogP contribution in [-0.4, -0.2) is 65.2 Å². The Bertz CT molecular complexity index is 485. The zero-order valence-corrected chi connectivity index (χ0v) is 14.5. The van der Waals surface area contributed by atoms with Gasteiger partial charge in [0.2, 0.25) is 0 Å². The summed E-state index contributed by atoms with van der Waals surface area (Å²) in [5, 5.41) is 4.58. The van der Waals surface area contributed by atoms with Crippen molar-refractivity contribution < 1.29 is 9.47 Å². The Morgan fingerprint density at radius 2 is 2.09 bits per heavy atom. The van der Waals surface area contributed by atoms with Crippen LogP contribution in [0.3, 0.4) is 0 Å². The predicted octanol–water partition coefficient (Wildman–Crippen LogP) is 1.98. The number of nitrogens with zero attached hydrogens (tertiary/aromatic N) is 4. The SMILES string of the molecule is CCOCCn1nc(C)nc1C1CCCN(C2CCOCC2)C1. The van der Waals surface area contributed by atoms with Crippen LogP contribution in [0.5, 0.6) is 0 Å². The molecule has 23 heavy (non-hydrogen) atoms. The fourth-order valence-electron chi connectivity index (χ4n) is 3.83. The Morgan fingerprint density at radius 1 is 1.26 bits per heavy atom. The number of rotatable bonds is 6. The molecule has 3 rings (SSSR count). The van der Waals surface area contributed by atoms with Crippen LogP contribution in [0.4, 0.5) is 0 Å². The molecule has 2 aliphatic heterocycles. The minimum absolute atomic E-state index is 0.495. The molecule has 6 nitrogen and oxygen atoms in total. The summed E-state index contributed by atoms with van der Waals surface area (Å²) < 4.78 is 13.1. The van der Waals surface area contributed by atoms with Gasteiger partial charge in [0.15, 0.2) is 0 Å². The third kappa shape index (κ3) is 4.31.